The summed E-state index contributed by atoms with van der Waals surface area (Å²) in [7, 11) is 0. The first kappa shape index (κ1) is 20.2. The highest BCUT2D eigenvalue weighted by Gasteiger charge is 2.21. The second kappa shape index (κ2) is 8.99. The van der Waals surface area contributed by atoms with Crippen LogP contribution < -0.4 is 5.32 Å². The Morgan fingerprint density at radius 3 is 2.58 bits per heavy atom. The third-order valence-corrected chi connectivity index (χ3v) is 4.87. The lowest BCUT2D eigenvalue weighted by molar-refractivity contribution is 0.0950. The van der Waals surface area contributed by atoms with Crippen molar-refractivity contribution in [2.24, 2.45) is 5.92 Å². The summed E-state index contributed by atoms with van der Waals surface area (Å²) in [5.74, 6) is 0.877. The first-order chi connectivity index (χ1) is 12.3. The molecule has 0 aliphatic carbocycles. The number of nitrogens with one attached hydrogen (secondary N) is 1. The fraction of sp³-hybridized carbons (Fsp3) is 0.524. The van der Waals surface area contributed by atoms with E-state index >= 15 is 0 Å². The van der Waals surface area contributed by atoms with Crippen molar-refractivity contribution in [2.75, 3.05) is 6.54 Å². The van der Waals surface area contributed by atoms with Gasteiger partial charge in [-0.2, -0.15) is 0 Å². The zero-order chi connectivity index (χ0) is 19.3. The molecule has 0 aliphatic rings. The summed E-state index contributed by atoms with van der Waals surface area (Å²) in [6, 6.07) is 6.92. The van der Waals surface area contributed by atoms with Gasteiger partial charge < -0.3 is 9.73 Å². The van der Waals surface area contributed by atoms with Crippen molar-refractivity contribution in [1.29, 1.82) is 0 Å². The molecule has 2 rings (SSSR count). The Morgan fingerprint density at radius 2 is 1.96 bits per heavy atom. The topological polar surface area (TPSA) is 58.4 Å². The molecule has 0 saturated heterocycles. The van der Waals surface area contributed by atoms with E-state index in [1.807, 2.05) is 6.92 Å². The monoisotopic (exact) mass is 357 g/mol. The van der Waals surface area contributed by atoms with Gasteiger partial charge in [0.25, 0.3) is 5.91 Å². The maximum atomic E-state index is 11.9. The molecule has 1 heterocycles. The number of hydrogen-bond donors (Lipinski definition) is 1. The van der Waals surface area contributed by atoms with Crippen LogP contribution in [0.3, 0.4) is 0 Å². The minimum Gasteiger partial charge on any atom is -0.447 e. The molecule has 5 nitrogen and oxygen atoms in total. The van der Waals surface area contributed by atoms with Crippen LogP contribution in [0.25, 0.3) is 0 Å². The minimum atomic E-state index is -0.194. The molecular weight excluding hydrogens is 326 g/mol. The number of hydrogen-bond acceptors (Lipinski definition) is 4. The highest BCUT2D eigenvalue weighted by Crippen LogP contribution is 2.20. The minimum absolute atomic E-state index is 0.194. The Hall–Kier alpha value is -2.14. The summed E-state index contributed by atoms with van der Waals surface area (Å²) in [4.78, 5) is 18.6. The summed E-state index contributed by atoms with van der Waals surface area (Å²) < 4.78 is 5.57. The van der Waals surface area contributed by atoms with E-state index in [2.05, 4.69) is 68.0 Å². The van der Waals surface area contributed by atoms with Gasteiger partial charge in [-0.1, -0.05) is 37.6 Å². The largest absolute Gasteiger partial charge is 0.447 e. The number of oxazole rings is 1. The Kier molecular flexibility index (Phi) is 6.98. The van der Waals surface area contributed by atoms with Crippen molar-refractivity contribution < 1.29 is 9.21 Å². The molecule has 1 N–H and O–H groups in total. The van der Waals surface area contributed by atoms with Crippen molar-refractivity contribution in [3.8, 4) is 0 Å². The van der Waals surface area contributed by atoms with Crippen molar-refractivity contribution in [1.82, 2.24) is 15.2 Å². The molecule has 1 aromatic heterocycles. The fourth-order valence-corrected chi connectivity index (χ4v) is 2.92. The lowest BCUT2D eigenvalue weighted by atomic mass is 10.0. The quantitative estimate of drug-likeness (QED) is 0.773. The molecule has 5 heteroatoms. The summed E-state index contributed by atoms with van der Waals surface area (Å²) in [5.41, 5.74) is 4.21. The molecule has 142 valence electrons. The van der Waals surface area contributed by atoms with E-state index in [0.29, 0.717) is 36.6 Å². The standard InChI is InChI=1S/C21H31N3O2/c1-7-22-21(25)19-13-26-20(23-19)12-24(17(6)14(2)3)11-18-9-8-15(4)10-16(18)5/h8-10,13-14,17H,7,11-12H2,1-6H3,(H,22,25)/t17-/m0/s1. The van der Waals surface area contributed by atoms with E-state index < -0.39 is 0 Å². The third kappa shape index (κ3) is 5.18. The maximum absolute atomic E-state index is 11.9. The van der Waals surface area contributed by atoms with Crippen molar-refractivity contribution in [3.63, 3.8) is 0 Å². The molecule has 26 heavy (non-hydrogen) atoms. The average Bonchev–Trinajstić information content (AvgIpc) is 3.04. The highest BCUT2D eigenvalue weighted by atomic mass is 16.3. The van der Waals surface area contributed by atoms with Gasteiger partial charge in [-0.25, -0.2) is 4.98 Å². The van der Waals surface area contributed by atoms with Gasteiger partial charge in [-0.3, -0.25) is 9.69 Å². The number of amides is 1. The van der Waals surface area contributed by atoms with E-state index in [1.165, 1.54) is 23.0 Å². The number of carbonyl (C=O) groups excluding carboxylic acids is 1. The van der Waals surface area contributed by atoms with Gasteiger partial charge in [-0.15, -0.1) is 0 Å². The number of carbonyl (C=O) groups is 1. The van der Waals surface area contributed by atoms with Crippen molar-refractivity contribution in [2.45, 2.75) is 60.7 Å². The molecule has 1 amide bonds. The number of aryl methyl sites for hydroxylation is 2. The number of nitrogens with zero attached hydrogens (tertiary/aromatic N) is 2. The normalized spacial score (nSPS) is 12.6. The van der Waals surface area contributed by atoms with Gasteiger partial charge in [0.05, 0.1) is 6.54 Å². The van der Waals surface area contributed by atoms with Gasteiger partial charge in [-0.05, 0) is 44.7 Å². The Bertz CT molecular complexity index is 737. The lowest BCUT2D eigenvalue weighted by Gasteiger charge is -2.31. The van der Waals surface area contributed by atoms with Crippen LogP contribution in [-0.2, 0) is 13.1 Å². The zero-order valence-electron chi connectivity index (χ0n) is 16.8. The fourth-order valence-electron chi connectivity index (χ4n) is 2.92. The molecule has 0 fully saturated rings. The third-order valence-electron chi connectivity index (χ3n) is 4.87. The van der Waals surface area contributed by atoms with Gasteiger partial charge in [0, 0.05) is 19.1 Å². The molecule has 1 atom stereocenters. The molecule has 0 aliphatic heterocycles. The van der Waals surface area contributed by atoms with Crippen LogP contribution >= 0.6 is 0 Å². The number of benzene rings is 1. The van der Waals surface area contributed by atoms with Crippen LogP contribution in [0.15, 0.2) is 28.9 Å². The molecule has 0 radical (unpaired) electrons. The van der Waals surface area contributed by atoms with E-state index in [4.69, 9.17) is 4.42 Å². The van der Waals surface area contributed by atoms with E-state index in [0.717, 1.165) is 6.54 Å². The molecule has 2 aromatic rings. The Labute approximate surface area is 156 Å². The summed E-state index contributed by atoms with van der Waals surface area (Å²) in [5, 5.41) is 2.75. The van der Waals surface area contributed by atoms with Crippen LogP contribution in [0, 0.1) is 19.8 Å². The van der Waals surface area contributed by atoms with Gasteiger partial charge in [0.1, 0.15) is 6.26 Å². The second-order valence-electron chi connectivity index (χ2n) is 7.31. The van der Waals surface area contributed by atoms with Gasteiger partial charge in [0.15, 0.2) is 5.69 Å². The molecular formula is C21H31N3O2. The Balaban J connectivity index is 2.18. The zero-order valence-corrected chi connectivity index (χ0v) is 16.8. The van der Waals surface area contributed by atoms with E-state index in [-0.39, 0.29) is 5.91 Å². The van der Waals surface area contributed by atoms with Crippen LogP contribution in [0.1, 0.15) is 60.8 Å². The second-order valence-corrected chi connectivity index (χ2v) is 7.31. The molecule has 0 bridgehead atoms. The molecule has 0 spiro atoms. The first-order valence-electron chi connectivity index (χ1n) is 9.34. The van der Waals surface area contributed by atoms with E-state index in [9.17, 15) is 4.79 Å². The SMILES string of the molecule is CCNC(=O)c1coc(CN(Cc2ccc(C)cc2C)[C@@H](C)C(C)C)n1. The first-order valence-corrected chi connectivity index (χ1v) is 9.34. The van der Waals surface area contributed by atoms with Crippen molar-refractivity contribution >= 4 is 5.91 Å². The summed E-state index contributed by atoms with van der Waals surface area (Å²) >= 11 is 0. The van der Waals surface area contributed by atoms with Gasteiger partial charge in [0.2, 0.25) is 5.89 Å². The average molecular weight is 357 g/mol. The predicted octanol–water partition coefficient (Wildman–Crippen LogP) is 4.09. The molecule has 1 aromatic carbocycles. The molecule has 0 unspecified atom stereocenters. The van der Waals surface area contributed by atoms with Gasteiger partial charge >= 0.3 is 0 Å². The van der Waals surface area contributed by atoms with Crippen LogP contribution in [-0.4, -0.2) is 28.4 Å². The van der Waals surface area contributed by atoms with Crippen LogP contribution in [0.4, 0.5) is 0 Å². The molecule has 0 saturated carbocycles. The number of rotatable bonds is 8. The highest BCUT2D eigenvalue weighted by molar-refractivity contribution is 5.91. The summed E-state index contributed by atoms with van der Waals surface area (Å²) in [6.07, 6.45) is 1.44. The van der Waals surface area contributed by atoms with Crippen LogP contribution in [0.5, 0.6) is 0 Å². The van der Waals surface area contributed by atoms with Crippen LogP contribution in [0.2, 0.25) is 0 Å². The number of aromatic nitrogens is 1. The lowest BCUT2D eigenvalue weighted by Crippen LogP contribution is -2.36. The maximum Gasteiger partial charge on any atom is 0.273 e. The smallest absolute Gasteiger partial charge is 0.273 e. The summed E-state index contributed by atoms with van der Waals surface area (Å²) in [6.45, 7) is 14.8. The van der Waals surface area contributed by atoms with E-state index in [1.54, 1.807) is 0 Å². The predicted molar refractivity (Wildman–Crippen MR) is 104 cm³/mol. The van der Waals surface area contributed by atoms with Crippen molar-refractivity contribution in [3.05, 3.63) is 52.7 Å². The Morgan fingerprint density at radius 1 is 1.23 bits per heavy atom.